The van der Waals surface area contributed by atoms with Crippen molar-refractivity contribution in [2.24, 2.45) is 0 Å². The van der Waals surface area contributed by atoms with Gasteiger partial charge in [0.05, 0.1) is 37.3 Å². The van der Waals surface area contributed by atoms with Crippen molar-refractivity contribution in [3.63, 3.8) is 0 Å². The average molecular weight is 414 g/mol. The normalized spacial score (nSPS) is 14.3. The minimum Gasteiger partial charge on any atom is -0.465 e. The third-order valence-electron chi connectivity index (χ3n) is 4.17. The van der Waals surface area contributed by atoms with E-state index in [1.165, 1.54) is 12.1 Å². The van der Waals surface area contributed by atoms with Crippen molar-refractivity contribution in [3.8, 4) is 0 Å². The molecule has 1 aliphatic heterocycles. The van der Waals surface area contributed by atoms with Crippen LogP contribution in [0.2, 0.25) is 0 Å². The van der Waals surface area contributed by atoms with Gasteiger partial charge in [0.2, 0.25) is 0 Å². The van der Waals surface area contributed by atoms with Gasteiger partial charge >= 0.3 is 12.1 Å². The third kappa shape index (κ3) is 5.49. The SMILES string of the molecule is COC(=O)c1ccc(N(Nc2ccc(C3OCCO3)cc2)C(=O)OC(C)(C)C)cc1. The van der Waals surface area contributed by atoms with Gasteiger partial charge in [-0.2, -0.15) is 5.01 Å². The van der Waals surface area contributed by atoms with Crippen LogP contribution in [0.4, 0.5) is 16.2 Å². The number of carbonyl (C=O) groups excluding carboxylic acids is 2. The van der Waals surface area contributed by atoms with Crippen molar-refractivity contribution in [2.75, 3.05) is 30.8 Å². The van der Waals surface area contributed by atoms with E-state index in [0.717, 1.165) is 5.56 Å². The molecule has 0 radical (unpaired) electrons. The van der Waals surface area contributed by atoms with Gasteiger partial charge in [-0.1, -0.05) is 12.1 Å². The fourth-order valence-electron chi connectivity index (χ4n) is 2.78. The molecule has 2 aromatic rings. The molecule has 8 heteroatoms. The topological polar surface area (TPSA) is 86.3 Å². The van der Waals surface area contributed by atoms with Crippen LogP contribution in [0.1, 0.15) is 43.0 Å². The zero-order valence-corrected chi connectivity index (χ0v) is 17.5. The van der Waals surface area contributed by atoms with Crippen LogP contribution in [0.25, 0.3) is 0 Å². The quantitative estimate of drug-likeness (QED) is 0.577. The number of carbonyl (C=O) groups is 2. The number of benzene rings is 2. The maximum atomic E-state index is 12.8. The summed E-state index contributed by atoms with van der Waals surface area (Å²) in [5, 5.41) is 1.28. The molecule has 0 aromatic heterocycles. The number of hydrazine groups is 1. The van der Waals surface area contributed by atoms with Crippen LogP contribution in [-0.4, -0.2) is 38.0 Å². The van der Waals surface area contributed by atoms with Crippen LogP contribution in [0.3, 0.4) is 0 Å². The summed E-state index contributed by atoms with van der Waals surface area (Å²) in [7, 11) is 1.32. The molecule has 3 rings (SSSR count). The first-order valence-electron chi connectivity index (χ1n) is 9.58. The van der Waals surface area contributed by atoms with Gasteiger partial charge in [-0.25, -0.2) is 9.59 Å². The Morgan fingerprint density at radius 2 is 1.60 bits per heavy atom. The van der Waals surface area contributed by atoms with Gasteiger partial charge in [0.25, 0.3) is 0 Å². The molecule has 0 spiro atoms. The Kier molecular flexibility index (Phi) is 6.59. The molecule has 0 saturated carbocycles. The zero-order chi connectivity index (χ0) is 21.7. The number of ether oxygens (including phenoxy) is 4. The lowest BCUT2D eigenvalue weighted by atomic mass is 10.2. The summed E-state index contributed by atoms with van der Waals surface area (Å²) in [5.41, 5.74) is 4.83. The minimum atomic E-state index is -0.677. The van der Waals surface area contributed by atoms with Gasteiger partial charge in [0.1, 0.15) is 5.60 Å². The van der Waals surface area contributed by atoms with Gasteiger partial charge in [0.15, 0.2) is 6.29 Å². The van der Waals surface area contributed by atoms with Gasteiger partial charge in [-0.3, -0.25) is 5.43 Å². The van der Waals surface area contributed by atoms with Crippen molar-refractivity contribution in [3.05, 3.63) is 59.7 Å². The molecule has 0 bridgehead atoms. The maximum Gasteiger partial charge on any atom is 0.433 e. The number of amides is 1. The van der Waals surface area contributed by atoms with Crippen LogP contribution >= 0.6 is 0 Å². The summed E-state index contributed by atoms with van der Waals surface area (Å²) in [6, 6.07) is 13.8. The fraction of sp³-hybridized carbons (Fsp3) is 0.364. The van der Waals surface area contributed by atoms with E-state index >= 15 is 0 Å². The molecule has 0 unspecified atom stereocenters. The third-order valence-corrected chi connectivity index (χ3v) is 4.17. The highest BCUT2D eigenvalue weighted by atomic mass is 16.7. The molecule has 1 N–H and O–H groups in total. The molecular weight excluding hydrogens is 388 g/mol. The molecule has 2 aromatic carbocycles. The lowest BCUT2D eigenvalue weighted by Crippen LogP contribution is -2.40. The summed E-state index contributed by atoms with van der Waals surface area (Å²) in [6.45, 7) is 6.51. The first kappa shape index (κ1) is 21.6. The van der Waals surface area contributed by atoms with Crippen LogP contribution in [0.15, 0.2) is 48.5 Å². The van der Waals surface area contributed by atoms with E-state index in [1.54, 1.807) is 45.0 Å². The molecule has 1 heterocycles. The van der Waals surface area contributed by atoms with Crippen LogP contribution < -0.4 is 10.4 Å². The lowest BCUT2D eigenvalue weighted by molar-refractivity contribution is -0.0441. The van der Waals surface area contributed by atoms with Gasteiger partial charge < -0.3 is 18.9 Å². The Morgan fingerprint density at radius 1 is 1.00 bits per heavy atom. The summed E-state index contributed by atoms with van der Waals surface area (Å²) in [4.78, 5) is 24.5. The summed E-state index contributed by atoms with van der Waals surface area (Å²) in [5.74, 6) is -0.453. The number of methoxy groups -OCH3 is 1. The molecule has 8 nitrogen and oxygen atoms in total. The molecule has 1 aliphatic rings. The predicted octanol–water partition coefficient (Wildman–Crippen LogP) is 4.29. The lowest BCUT2D eigenvalue weighted by Gasteiger charge is -2.28. The Labute approximate surface area is 175 Å². The number of hydrogen-bond acceptors (Lipinski definition) is 7. The van der Waals surface area contributed by atoms with E-state index in [-0.39, 0.29) is 6.29 Å². The molecule has 1 fully saturated rings. The Morgan fingerprint density at radius 3 is 2.13 bits per heavy atom. The van der Waals surface area contributed by atoms with Crippen LogP contribution in [-0.2, 0) is 18.9 Å². The van der Waals surface area contributed by atoms with E-state index < -0.39 is 17.7 Å². The van der Waals surface area contributed by atoms with Crippen LogP contribution in [0, 0.1) is 0 Å². The smallest absolute Gasteiger partial charge is 0.433 e. The van der Waals surface area contributed by atoms with Crippen molar-refractivity contribution < 1.29 is 28.5 Å². The average Bonchev–Trinajstić information content (AvgIpc) is 3.25. The number of esters is 1. The molecule has 1 amide bonds. The number of rotatable bonds is 5. The number of anilines is 2. The molecule has 30 heavy (non-hydrogen) atoms. The maximum absolute atomic E-state index is 12.8. The minimum absolute atomic E-state index is 0.369. The molecule has 160 valence electrons. The van der Waals surface area contributed by atoms with Gasteiger partial charge in [0, 0.05) is 5.56 Å². The Hall–Kier alpha value is -3.10. The highest BCUT2D eigenvalue weighted by molar-refractivity contribution is 5.93. The monoisotopic (exact) mass is 414 g/mol. The number of hydrogen-bond donors (Lipinski definition) is 1. The summed E-state index contributed by atoms with van der Waals surface area (Å²) >= 11 is 0. The second-order valence-corrected chi connectivity index (χ2v) is 7.66. The number of nitrogens with one attached hydrogen (secondary N) is 1. The predicted molar refractivity (Wildman–Crippen MR) is 111 cm³/mol. The highest BCUT2D eigenvalue weighted by Crippen LogP contribution is 2.26. The van der Waals surface area contributed by atoms with Crippen molar-refractivity contribution in [1.29, 1.82) is 0 Å². The van der Waals surface area contributed by atoms with E-state index in [2.05, 4.69) is 5.43 Å². The standard InChI is InChI=1S/C22H26N2O6/c1-22(2,3)30-21(26)24(18-11-7-15(8-12-18)19(25)27-4)23-17-9-5-16(6-10-17)20-28-13-14-29-20/h5-12,20,23H,13-14H2,1-4H3. The van der Waals surface area contributed by atoms with E-state index in [0.29, 0.717) is 30.2 Å². The summed E-state index contributed by atoms with van der Waals surface area (Å²) in [6.07, 6.45) is -0.952. The van der Waals surface area contributed by atoms with E-state index in [1.807, 2.05) is 24.3 Å². The highest BCUT2D eigenvalue weighted by Gasteiger charge is 2.24. The van der Waals surface area contributed by atoms with Crippen molar-refractivity contribution >= 4 is 23.4 Å². The van der Waals surface area contributed by atoms with Gasteiger partial charge in [-0.15, -0.1) is 0 Å². The second-order valence-electron chi connectivity index (χ2n) is 7.66. The fourth-order valence-corrected chi connectivity index (χ4v) is 2.78. The molecular formula is C22H26N2O6. The van der Waals surface area contributed by atoms with Crippen LogP contribution in [0.5, 0.6) is 0 Å². The molecule has 0 atom stereocenters. The Balaban J connectivity index is 1.82. The van der Waals surface area contributed by atoms with E-state index in [4.69, 9.17) is 18.9 Å². The second kappa shape index (κ2) is 9.15. The zero-order valence-electron chi connectivity index (χ0n) is 17.5. The van der Waals surface area contributed by atoms with Gasteiger partial charge in [-0.05, 0) is 57.2 Å². The Bertz CT molecular complexity index is 868. The summed E-state index contributed by atoms with van der Waals surface area (Å²) < 4.78 is 21.2. The first-order chi connectivity index (χ1) is 14.3. The largest absolute Gasteiger partial charge is 0.465 e. The number of nitrogens with zero attached hydrogens (tertiary/aromatic N) is 1. The molecule has 0 aliphatic carbocycles. The van der Waals surface area contributed by atoms with E-state index in [9.17, 15) is 9.59 Å². The van der Waals surface area contributed by atoms with Crippen molar-refractivity contribution in [1.82, 2.24) is 0 Å². The molecule has 1 saturated heterocycles. The van der Waals surface area contributed by atoms with Crippen molar-refractivity contribution in [2.45, 2.75) is 32.7 Å². The first-order valence-corrected chi connectivity index (χ1v) is 9.58.